The van der Waals surface area contributed by atoms with Gasteiger partial charge in [0.15, 0.2) is 13.6 Å². The fourth-order valence-corrected chi connectivity index (χ4v) is 4.42. The average Bonchev–Trinajstić information content (AvgIpc) is 2.75. The lowest BCUT2D eigenvalue weighted by Gasteiger charge is -2.44. The van der Waals surface area contributed by atoms with Gasteiger partial charge in [-0.2, -0.15) is 0 Å². The molecule has 0 aromatic heterocycles. The highest BCUT2D eigenvalue weighted by molar-refractivity contribution is 5.46. The van der Waals surface area contributed by atoms with E-state index in [-0.39, 0.29) is 44.4 Å². The number of alkyl halides is 2. The molecule has 4 rings (SSSR count). The highest BCUT2D eigenvalue weighted by Crippen LogP contribution is 2.56. The van der Waals surface area contributed by atoms with Gasteiger partial charge in [0, 0.05) is 44.5 Å². The third kappa shape index (κ3) is 4.37. The van der Waals surface area contributed by atoms with Crippen LogP contribution in [0.1, 0.15) is 42.4 Å². The molecule has 162 valence electrons. The molecular weight excluding hydrogens is 394 g/mol. The lowest BCUT2D eigenvalue weighted by atomic mass is 9.68. The van der Waals surface area contributed by atoms with E-state index >= 15 is 0 Å². The third-order valence-electron chi connectivity index (χ3n) is 5.80. The van der Waals surface area contributed by atoms with Crippen molar-refractivity contribution in [3.05, 3.63) is 53.6 Å². The molecule has 1 unspecified atom stereocenters. The summed E-state index contributed by atoms with van der Waals surface area (Å²) in [6, 6.07) is 12.9. The highest BCUT2D eigenvalue weighted by atomic mass is 19.3. The van der Waals surface area contributed by atoms with Crippen LogP contribution in [0.5, 0.6) is 17.2 Å². The Kier molecular flexibility index (Phi) is 6.11. The first-order valence-corrected chi connectivity index (χ1v) is 10.0. The van der Waals surface area contributed by atoms with Gasteiger partial charge in [-0.15, -0.1) is 0 Å². The zero-order valence-electron chi connectivity index (χ0n) is 17.1. The van der Waals surface area contributed by atoms with Gasteiger partial charge in [0.1, 0.15) is 23.4 Å². The first-order chi connectivity index (χ1) is 14.5. The van der Waals surface area contributed by atoms with Crippen molar-refractivity contribution in [3.63, 3.8) is 0 Å². The van der Waals surface area contributed by atoms with E-state index in [0.717, 1.165) is 11.1 Å². The Hall–Kier alpha value is -2.38. The second kappa shape index (κ2) is 8.78. The van der Waals surface area contributed by atoms with Crippen molar-refractivity contribution in [3.8, 4) is 17.2 Å². The van der Waals surface area contributed by atoms with E-state index < -0.39 is 5.92 Å². The lowest BCUT2D eigenvalue weighted by molar-refractivity contribution is -0.0768. The molecule has 1 heterocycles. The fourth-order valence-electron chi connectivity index (χ4n) is 4.42. The van der Waals surface area contributed by atoms with Gasteiger partial charge in [-0.05, 0) is 42.3 Å². The van der Waals surface area contributed by atoms with E-state index in [1.807, 2.05) is 30.3 Å². The molecule has 0 N–H and O–H groups in total. The maximum absolute atomic E-state index is 14.4. The molecule has 30 heavy (non-hydrogen) atoms. The molecule has 0 bridgehead atoms. The van der Waals surface area contributed by atoms with Gasteiger partial charge >= 0.3 is 0 Å². The quantitative estimate of drug-likeness (QED) is 0.569. The van der Waals surface area contributed by atoms with E-state index in [2.05, 4.69) is 0 Å². The molecule has 2 aromatic rings. The summed E-state index contributed by atoms with van der Waals surface area (Å²) in [5.41, 5.74) is 1.73. The van der Waals surface area contributed by atoms with Gasteiger partial charge < -0.3 is 23.7 Å². The fraction of sp³-hybridized carbons (Fsp3) is 0.478. The molecule has 3 atom stereocenters. The van der Waals surface area contributed by atoms with Gasteiger partial charge in [0.25, 0.3) is 0 Å². The highest BCUT2D eigenvalue weighted by Gasteiger charge is 2.48. The van der Waals surface area contributed by atoms with E-state index in [0.29, 0.717) is 23.7 Å². The number of benzene rings is 2. The van der Waals surface area contributed by atoms with Crippen LogP contribution in [0.2, 0.25) is 0 Å². The minimum Gasteiger partial charge on any atom is -0.485 e. The molecule has 0 radical (unpaired) electrons. The van der Waals surface area contributed by atoms with Gasteiger partial charge in [-0.1, -0.05) is 12.1 Å². The van der Waals surface area contributed by atoms with Crippen LogP contribution in [0.4, 0.5) is 8.78 Å². The summed E-state index contributed by atoms with van der Waals surface area (Å²) in [6.07, 6.45) is -0.209. The van der Waals surface area contributed by atoms with Gasteiger partial charge in [-0.3, -0.25) is 0 Å². The summed E-state index contributed by atoms with van der Waals surface area (Å²) >= 11 is 0. The predicted molar refractivity (Wildman–Crippen MR) is 106 cm³/mol. The van der Waals surface area contributed by atoms with Crippen molar-refractivity contribution in [1.29, 1.82) is 0 Å². The molecule has 2 aliphatic rings. The zero-order valence-corrected chi connectivity index (χ0v) is 17.1. The van der Waals surface area contributed by atoms with Gasteiger partial charge in [-0.25, -0.2) is 8.78 Å². The number of hydrogen-bond acceptors (Lipinski definition) is 5. The van der Waals surface area contributed by atoms with Crippen LogP contribution >= 0.6 is 0 Å². The van der Waals surface area contributed by atoms with Crippen LogP contribution in [-0.4, -0.2) is 33.7 Å². The number of rotatable bonds is 7. The predicted octanol–water partition coefficient (Wildman–Crippen LogP) is 5.30. The van der Waals surface area contributed by atoms with Crippen LogP contribution in [-0.2, 0) is 9.47 Å². The Morgan fingerprint density at radius 3 is 2.33 bits per heavy atom. The summed E-state index contributed by atoms with van der Waals surface area (Å²) in [7, 11) is 3.10. The molecule has 1 fully saturated rings. The molecule has 5 nitrogen and oxygen atoms in total. The Morgan fingerprint density at radius 2 is 1.63 bits per heavy atom. The summed E-state index contributed by atoms with van der Waals surface area (Å²) < 4.78 is 55.9. The summed E-state index contributed by atoms with van der Waals surface area (Å²) in [6.45, 7) is 0.268. The van der Waals surface area contributed by atoms with Crippen LogP contribution in [0, 0.1) is 5.92 Å². The lowest BCUT2D eigenvalue weighted by Crippen LogP contribution is -2.38. The smallest absolute Gasteiger partial charge is 0.248 e. The van der Waals surface area contributed by atoms with Crippen LogP contribution in [0.25, 0.3) is 0 Å². The van der Waals surface area contributed by atoms with E-state index in [1.54, 1.807) is 19.2 Å². The largest absolute Gasteiger partial charge is 0.485 e. The van der Waals surface area contributed by atoms with E-state index in [1.165, 1.54) is 7.11 Å². The molecule has 1 saturated carbocycles. The van der Waals surface area contributed by atoms with Crippen molar-refractivity contribution in [2.45, 2.75) is 37.2 Å². The Labute approximate surface area is 174 Å². The van der Waals surface area contributed by atoms with Crippen molar-refractivity contribution < 1.29 is 32.5 Å². The number of ether oxygens (including phenoxy) is 5. The Balaban J connectivity index is 1.64. The molecule has 1 aliphatic heterocycles. The topological polar surface area (TPSA) is 46.2 Å². The molecule has 0 saturated heterocycles. The molecule has 0 spiro atoms. The van der Waals surface area contributed by atoms with Gasteiger partial charge in [0.2, 0.25) is 5.92 Å². The number of halogens is 2. The number of hydrogen-bond donors (Lipinski definition) is 0. The minimum absolute atomic E-state index is 0.0412. The average molecular weight is 420 g/mol. The van der Waals surface area contributed by atoms with Crippen molar-refractivity contribution >= 4 is 0 Å². The SMILES string of the molecule is COCOc1ccc(C2Oc3ccc(OCOC)cc3[C@H]3CC(F)(F)CC[C@@H]23)cc1. The summed E-state index contributed by atoms with van der Waals surface area (Å²) in [5.74, 6) is -1.13. The second-order valence-corrected chi connectivity index (χ2v) is 7.78. The maximum Gasteiger partial charge on any atom is 0.248 e. The Bertz CT molecular complexity index is 855. The standard InChI is InChI=1S/C23H26F2O5/c1-26-13-28-16-5-3-15(4-6-16)22-18-9-10-23(24,25)12-20(18)19-11-17(29-14-27-2)7-8-21(19)30-22/h3-8,11,18,20,22H,9-10,12-14H2,1-2H3/t18-,20+,22?/m1/s1. The first kappa shape index (κ1) is 20.9. The van der Waals surface area contributed by atoms with Crippen molar-refractivity contribution in [2.75, 3.05) is 27.8 Å². The minimum atomic E-state index is -2.68. The zero-order chi connectivity index (χ0) is 21.1. The third-order valence-corrected chi connectivity index (χ3v) is 5.80. The van der Waals surface area contributed by atoms with Crippen molar-refractivity contribution in [1.82, 2.24) is 0 Å². The molecular formula is C23H26F2O5. The second-order valence-electron chi connectivity index (χ2n) is 7.78. The molecule has 7 heteroatoms. The normalized spacial score (nSPS) is 24.3. The van der Waals surface area contributed by atoms with E-state index in [9.17, 15) is 8.78 Å². The van der Waals surface area contributed by atoms with Gasteiger partial charge in [0.05, 0.1) is 0 Å². The van der Waals surface area contributed by atoms with Crippen molar-refractivity contribution in [2.24, 2.45) is 5.92 Å². The Morgan fingerprint density at radius 1 is 0.967 bits per heavy atom. The maximum atomic E-state index is 14.4. The monoisotopic (exact) mass is 420 g/mol. The summed E-state index contributed by atoms with van der Waals surface area (Å²) in [4.78, 5) is 0. The van der Waals surface area contributed by atoms with E-state index in [4.69, 9.17) is 23.7 Å². The molecule has 2 aromatic carbocycles. The first-order valence-electron chi connectivity index (χ1n) is 10.0. The van der Waals surface area contributed by atoms with Crippen LogP contribution in [0.15, 0.2) is 42.5 Å². The van der Waals surface area contributed by atoms with Crippen LogP contribution < -0.4 is 14.2 Å². The number of methoxy groups -OCH3 is 2. The summed E-state index contributed by atoms with van der Waals surface area (Å²) in [5, 5.41) is 0. The molecule has 0 amide bonds. The molecule has 1 aliphatic carbocycles. The number of fused-ring (bicyclic) bond motifs is 3. The van der Waals surface area contributed by atoms with Crippen LogP contribution in [0.3, 0.4) is 0 Å².